The maximum atomic E-state index is 11.8. The molecule has 1 atom stereocenters. The summed E-state index contributed by atoms with van der Waals surface area (Å²) < 4.78 is 15.3. The molecule has 8 nitrogen and oxygen atoms in total. The number of non-ortho nitro benzene ring substituents is 1. The van der Waals surface area contributed by atoms with E-state index < -0.39 is 11.0 Å². The van der Waals surface area contributed by atoms with Crippen molar-refractivity contribution in [2.45, 2.75) is 13.0 Å². The van der Waals surface area contributed by atoms with Crippen LogP contribution >= 0.6 is 0 Å². The van der Waals surface area contributed by atoms with Crippen LogP contribution in [-0.2, 0) is 9.53 Å². The van der Waals surface area contributed by atoms with E-state index in [0.29, 0.717) is 18.9 Å². The lowest BCUT2D eigenvalue weighted by Gasteiger charge is -2.16. The first-order valence-corrected chi connectivity index (χ1v) is 6.25. The van der Waals surface area contributed by atoms with Gasteiger partial charge in [0.1, 0.15) is 0 Å². The van der Waals surface area contributed by atoms with Gasteiger partial charge in [0.05, 0.1) is 24.7 Å². The van der Waals surface area contributed by atoms with E-state index in [-0.39, 0.29) is 17.3 Å². The van der Waals surface area contributed by atoms with E-state index in [1.165, 1.54) is 32.4 Å². The molecule has 21 heavy (non-hydrogen) atoms. The molecule has 0 aliphatic heterocycles. The van der Waals surface area contributed by atoms with Crippen LogP contribution < -0.4 is 14.8 Å². The minimum atomic E-state index is -0.822. The van der Waals surface area contributed by atoms with Gasteiger partial charge in [0.25, 0.3) is 11.6 Å². The maximum absolute atomic E-state index is 11.8. The van der Waals surface area contributed by atoms with E-state index in [4.69, 9.17) is 14.2 Å². The Morgan fingerprint density at radius 2 is 2.10 bits per heavy atom. The molecule has 116 valence electrons. The van der Waals surface area contributed by atoms with E-state index in [1.807, 2.05) is 0 Å². The molecule has 1 aromatic rings. The number of benzene rings is 1. The number of ether oxygens (including phenoxy) is 3. The average Bonchev–Trinajstić information content (AvgIpc) is 2.47. The van der Waals surface area contributed by atoms with Crippen LogP contribution in [0.4, 0.5) is 5.69 Å². The van der Waals surface area contributed by atoms with Crippen LogP contribution in [0.25, 0.3) is 0 Å². The van der Waals surface area contributed by atoms with Crippen molar-refractivity contribution in [2.24, 2.45) is 0 Å². The number of nitrogens with zero attached hydrogens (tertiary/aromatic N) is 1. The molecule has 0 spiro atoms. The fourth-order valence-corrected chi connectivity index (χ4v) is 1.54. The highest BCUT2D eigenvalue weighted by atomic mass is 16.6. The zero-order valence-electron chi connectivity index (χ0n) is 12.1. The van der Waals surface area contributed by atoms with Crippen LogP contribution in [0.15, 0.2) is 18.2 Å². The van der Waals surface area contributed by atoms with Gasteiger partial charge in [0.2, 0.25) is 0 Å². The molecule has 1 amide bonds. The second kappa shape index (κ2) is 8.05. The summed E-state index contributed by atoms with van der Waals surface area (Å²) in [6.45, 7) is 2.29. The molecule has 0 aromatic heterocycles. The van der Waals surface area contributed by atoms with Gasteiger partial charge in [-0.15, -0.1) is 0 Å². The Hall–Kier alpha value is -2.35. The van der Waals surface area contributed by atoms with Crippen molar-refractivity contribution >= 4 is 11.6 Å². The number of hydrogen-bond donors (Lipinski definition) is 1. The van der Waals surface area contributed by atoms with Gasteiger partial charge >= 0.3 is 0 Å². The lowest BCUT2D eigenvalue weighted by atomic mass is 10.2. The number of carbonyl (C=O) groups is 1. The van der Waals surface area contributed by atoms with Crippen molar-refractivity contribution in [3.05, 3.63) is 28.3 Å². The second-order valence-corrected chi connectivity index (χ2v) is 4.14. The van der Waals surface area contributed by atoms with Gasteiger partial charge in [0, 0.05) is 19.7 Å². The summed E-state index contributed by atoms with van der Waals surface area (Å²) in [5.74, 6) is 0.110. The molecule has 8 heteroatoms. The van der Waals surface area contributed by atoms with Gasteiger partial charge < -0.3 is 19.5 Å². The lowest BCUT2D eigenvalue weighted by molar-refractivity contribution is -0.385. The molecule has 0 aliphatic rings. The Kier molecular flexibility index (Phi) is 6.41. The van der Waals surface area contributed by atoms with Gasteiger partial charge in [-0.05, 0) is 13.0 Å². The normalized spacial score (nSPS) is 11.6. The molecule has 0 bridgehead atoms. The molecule has 1 N–H and O–H groups in total. The first kappa shape index (κ1) is 16.7. The SMILES string of the molecule is COCCNC(=O)[C@H](C)Oc1cc([N+](=O)[O-])ccc1OC. The number of carbonyl (C=O) groups excluding carboxylic acids is 1. The number of amides is 1. The first-order chi connectivity index (χ1) is 9.99. The van der Waals surface area contributed by atoms with Gasteiger partial charge in [0.15, 0.2) is 17.6 Å². The molecule has 1 rings (SSSR count). The Morgan fingerprint density at radius 3 is 2.67 bits per heavy atom. The van der Waals surface area contributed by atoms with Crippen molar-refractivity contribution in [3.8, 4) is 11.5 Å². The van der Waals surface area contributed by atoms with Crippen LogP contribution in [-0.4, -0.2) is 44.3 Å². The number of nitrogens with one attached hydrogen (secondary N) is 1. The fourth-order valence-electron chi connectivity index (χ4n) is 1.54. The van der Waals surface area contributed by atoms with Crippen molar-refractivity contribution < 1.29 is 23.9 Å². The molecule has 0 fully saturated rings. The Labute approximate surface area is 122 Å². The standard InChI is InChI=1S/C13H18N2O6/c1-9(13(16)14-6-7-19-2)21-12-8-10(15(17)18)4-5-11(12)20-3/h4-5,8-9H,6-7H2,1-3H3,(H,14,16)/t9-/m0/s1. The second-order valence-electron chi connectivity index (χ2n) is 4.14. The van der Waals surface area contributed by atoms with Gasteiger partial charge in [-0.1, -0.05) is 0 Å². The molecular formula is C13H18N2O6. The summed E-state index contributed by atoms with van der Waals surface area (Å²) in [5.41, 5.74) is -0.141. The predicted molar refractivity (Wildman–Crippen MR) is 74.6 cm³/mol. The smallest absolute Gasteiger partial charge is 0.273 e. The summed E-state index contributed by atoms with van der Waals surface area (Å²) in [6, 6.07) is 3.94. The topological polar surface area (TPSA) is 99.9 Å². The number of hydrogen-bond acceptors (Lipinski definition) is 6. The van der Waals surface area contributed by atoms with Gasteiger partial charge in [-0.3, -0.25) is 14.9 Å². The minimum Gasteiger partial charge on any atom is -0.493 e. The minimum absolute atomic E-state index is 0.140. The Bertz CT molecular complexity index is 505. The zero-order valence-corrected chi connectivity index (χ0v) is 12.1. The first-order valence-electron chi connectivity index (χ1n) is 6.25. The number of nitro benzene ring substituents is 1. The Morgan fingerprint density at radius 1 is 1.38 bits per heavy atom. The van der Waals surface area contributed by atoms with Crippen LogP contribution in [0.1, 0.15) is 6.92 Å². The monoisotopic (exact) mass is 298 g/mol. The summed E-state index contributed by atoms with van der Waals surface area (Å²) in [6.07, 6.45) is -0.822. The summed E-state index contributed by atoms with van der Waals surface area (Å²) >= 11 is 0. The predicted octanol–water partition coefficient (Wildman–Crippen LogP) is 1.13. The lowest BCUT2D eigenvalue weighted by Crippen LogP contribution is -2.38. The fraction of sp³-hybridized carbons (Fsp3) is 0.462. The van der Waals surface area contributed by atoms with E-state index in [0.717, 1.165) is 0 Å². The summed E-state index contributed by atoms with van der Waals surface area (Å²) in [5, 5.41) is 13.4. The van der Waals surface area contributed by atoms with Crippen LogP contribution in [0.3, 0.4) is 0 Å². The highest BCUT2D eigenvalue weighted by Crippen LogP contribution is 2.31. The molecule has 0 saturated carbocycles. The summed E-state index contributed by atoms with van der Waals surface area (Å²) in [7, 11) is 2.94. The maximum Gasteiger partial charge on any atom is 0.273 e. The van der Waals surface area contributed by atoms with Crippen LogP contribution in [0.2, 0.25) is 0 Å². The number of nitro groups is 1. The third-order valence-electron chi connectivity index (χ3n) is 2.64. The van der Waals surface area contributed by atoms with Crippen LogP contribution in [0, 0.1) is 10.1 Å². The zero-order chi connectivity index (χ0) is 15.8. The van der Waals surface area contributed by atoms with E-state index in [1.54, 1.807) is 6.92 Å². The highest BCUT2D eigenvalue weighted by molar-refractivity contribution is 5.80. The Balaban J connectivity index is 2.78. The van der Waals surface area contributed by atoms with Crippen molar-refractivity contribution in [3.63, 3.8) is 0 Å². The van der Waals surface area contributed by atoms with Crippen molar-refractivity contribution in [1.29, 1.82) is 0 Å². The molecular weight excluding hydrogens is 280 g/mol. The van der Waals surface area contributed by atoms with E-state index in [9.17, 15) is 14.9 Å². The quantitative estimate of drug-likeness (QED) is 0.439. The van der Waals surface area contributed by atoms with E-state index in [2.05, 4.69) is 5.32 Å². The number of methoxy groups -OCH3 is 2. The molecule has 0 saturated heterocycles. The molecule has 0 heterocycles. The van der Waals surface area contributed by atoms with Crippen LogP contribution in [0.5, 0.6) is 11.5 Å². The van der Waals surface area contributed by atoms with Crippen molar-refractivity contribution in [1.82, 2.24) is 5.32 Å². The van der Waals surface area contributed by atoms with Gasteiger partial charge in [-0.2, -0.15) is 0 Å². The molecule has 0 unspecified atom stereocenters. The van der Waals surface area contributed by atoms with Crippen molar-refractivity contribution in [2.75, 3.05) is 27.4 Å². The molecule has 0 radical (unpaired) electrons. The van der Waals surface area contributed by atoms with Gasteiger partial charge in [-0.25, -0.2) is 0 Å². The highest BCUT2D eigenvalue weighted by Gasteiger charge is 2.19. The average molecular weight is 298 g/mol. The van der Waals surface area contributed by atoms with E-state index >= 15 is 0 Å². The molecule has 0 aliphatic carbocycles. The molecule has 1 aromatic carbocycles. The number of rotatable bonds is 8. The summed E-state index contributed by atoms with van der Waals surface area (Å²) in [4.78, 5) is 22.0. The third-order valence-corrected chi connectivity index (χ3v) is 2.64. The largest absolute Gasteiger partial charge is 0.493 e. The third kappa shape index (κ3) is 4.92.